The van der Waals surface area contributed by atoms with Gasteiger partial charge in [0.1, 0.15) is 5.92 Å². The first kappa shape index (κ1) is 19.4. The third-order valence-corrected chi connectivity index (χ3v) is 4.75. The Morgan fingerprint density at radius 3 is 2.04 bits per heavy atom. The molecule has 5 nitrogen and oxygen atoms in total. The number of halogens is 1. The summed E-state index contributed by atoms with van der Waals surface area (Å²) in [5, 5.41) is 0. The Kier molecular flexibility index (Phi) is 6.53. The molecule has 0 radical (unpaired) electrons. The molecule has 0 spiro atoms. The second-order valence-electron chi connectivity index (χ2n) is 5.83. The zero-order chi connectivity index (χ0) is 18.6. The first-order valence-corrected chi connectivity index (χ1v) is 9.00. The number of carbonyl (C=O) groups is 3. The van der Waals surface area contributed by atoms with Gasteiger partial charge in [-0.3, -0.25) is 14.4 Å². The Morgan fingerprint density at radius 1 is 1.00 bits per heavy atom. The fourth-order valence-electron chi connectivity index (χ4n) is 3.19. The van der Waals surface area contributed by atoms with E-state index in [9.17, 15) is 14.4 Å². The molecule has 0 bridgehead atoms. The normalized spacial score (nSPS) is 23.0. The van der Waals surface area contributed by atoms with Gasteiger partial charge in [0.05, 0.1) is 19.1 Å². The van der Waals surface area contributed by atoms with Crippen molar-refractivity contribution in [1.82, 2.24) is 0 Å². The van der Waals surface area contributed by atoms with Crippen LogP contribution in [0.5, 0.6) is 0 Å². The molecule has 3 atom stereocenters. The van der Waals surface area contributed by atoms with Crippen molar-refractivity contribution in [3.63, 3.8) is 0 Å². The van der Waals surface area contributed by atoms with Crippen LogP contribution in [0.4, 0.5) is 0 Å². The van der Waals surface area contributed by atoms with Crippen molar-refractivity contribution in [1.29, 1.82) is 0 Å². The third-order valence-electron chi connectivity index (χ3n) is 4.22. The van der Waals surface area contributed by atoms with E-state index < -0.39 is 29.7 Å². The molecule has 0 N–H and O–H groups in total. The number of ketones is 1. The molecule has 0 heterocycles. The second-order valence-corrected chi connectivity index (χ2v) is 6.74. The number of esters is 2. The maximum atomic E-state index is 12.6. The Bertz CT molecular complexity index is 692. The Labute approximate surface area is 155 Å². The molecule has 1 aromatic carbocycles. The van der Waals surface area contributed by atoms with Gasteiger partial charge < -0.3 is 9.47 Å². The number of benzene rings is 1. The predicted octanol–water partition coefficient (Wildman–Crippen LogP) is 3.42. The summed E-state index contributed by atoms with van der Waals surface area (Å²) in [5.74, 6) is -3.80. The number of carbonyl (C=O) groups excluding carboxylic acids is 3. The monoisotopic (exact) mass is 408 g/mol. The Hall–Kier alpha value is -1.95. The van der Waals surface area contributed by atoms with Gasteiger partial charge in [0.25, 0.3) is 0 Å². The molecule has 0 aromatic heterocycles. The van der Waals surface area contributed by atoms with Crippen LogP contribution in [0.3, 0.4) is 0 Å². The van der Waals surface area contributed by atoms with Crippen molar-refractivity contribution in [2.24, 2.45) is 11.8 Å². The van der Waals surface area contributed by atoms with E-state index in [0.717, 1.165) is 10.0 Å². The summed E-state index contributed by atoms with van der Waals surface area (Å²) in [7, 11) is 0. The Balaban J connectivity index is 2.56. The average molecular weight is 409 g/mol. The molecule has 0 saturated carbocycles. The lowest BCUT2D eigenvalue weighted by Gasteiger charge is -2.34. The van der Waals surface area contributed by atoms with Crippen LogP contribution in [-0.2, 0) is 23.9 Å². The largest absolute Gasteiger partial charge is 0.466 e. The summed E-state index contributed by atoms with van der Waals surface area (Å²) < 4.78 is 11.2. The molecular weight excluding hydrogens is 388 g/mol. The molecule has 1 aliphatic carbocycles. The standard InChI is InChI=1S/C19H21BrO5/c1-4-24-18(22)15-11(3)10-14(21)17(19(23)25-5-2)16(15)12-6-8-13(20)9-7-12/h6-10,15-17H,4-5H2,1-3H3/t15-,16-,17-/m0/s1. The van der Waals surface area contributed by atoms with Crippen molar-refractivity contribution in [3.05, 3.63) is 46.0 Å². The van der Waals surface area contributed by atoms with Crippen LogP contribution < -0.4 is 0 Å². The minimum Gasteiger partial charge on any atom is -0.466 e. The summed E-state index contributed by atoms with van der Waals surface area (Å²) in [6.07, 6.45) is 1.36. The number of rotatable bonds is 5. The molecule has 25 heavy (non-hydrogen) atoms. The highest BCUT2D eigenvalue weighted by Crippen LogP contribution is 2.42. The number of ether oxygens (including phenoxy) is 2. The molecule has 1 aromatic rings. The average Bonchev–Trinajstić information content (AvgIpc) is 2.55. The minimum absolute atomic E-state index is 0.169. The summed E-state index contributed by atoms with van der Waals surface area (Å²) in [6.45, 7) is 5.52. The summed E-state index contributed by atoms with van der Waals surface area (Å²) in [6, 6.07) is 7.24. The minimum atomic E-state index is -1.06. The van der Waals surface area contributed by atoms with Crippen molar-refractivity contribution in [2.75, 3.05) is 13.2 Å². The molecule has 134 valence electrons. The molecule has 0 saturated heterocycles. The predicted molar refractivity (Wildman–Crippen MR) is 95.9 cm³/mol. The smallest absolute Gasteiger partial charge is 0.317 e. The molecular formula is C19H21BrO5. The zero-order valence-corrected chi connectivity index (χ0v) is 16.0. The maximum absolute atomic E-state index is 12.6. The van der Waals surface area contributed by atoms with Crippen LogP contribution in [0.15, 0.2) is 40.4 Å². The van der Waals surface area contributed by atoms with E-state index >= 15 is 0 Å². The van der Waals surface area contributed by atoms with Crippen LogP contribution in [0, 0.1) is 11.8 Å². The molecule has 2 rings (SSSR count). The number of hydrogen-bond donors (Lipinski definition) is 0. The number of hydrogen-bond acceptors (Lipinski definition) is 5. The van der Waals surface area contributed by atoms with E-state index in [0.29, 0.717) is 5.57 Å². The van der Waals surface area contributed by atoms with E-state index in [1.807, 2.05) is 12.1 Å². The van der Waals surface area contributed by atoms with Gasteiger partial charge in [-0.2, -0.15) is 0 Å². The topological polar surface area (TPSA) is 69.7 Å². The Morgan fingerprint density at radius 2 is 1.52 bits per heavy atom. The van der Waals surface area contributed by atoms with Crippen molar-refractivity contribution >= 4 is 33.7 Å². The van der Waals surface area contributed by atoms with Crippen LogP contribution in [0.25, 0.3) is 0 Å². The van der Waals surface area contributed by atoms with E-state index in [2.05, 4.69) is 15.9 Å². The summed E-state index contributed by atoms with van der Waals surface area (Å²) in [5.41, 5.74) is 1.32. The first-order valence-electron chi connectivity index (χ1n) is 8.21. The van der Waals surface area contributed by atoms with Crippen molar-refractivity contribution < 1.29 is 23.9 Å². The van der Waals surface area contributed by atoms with Gasteiger partial charge in [-0.05, 0) is 44.5 Å². The van der Waals surface area contributed by atoms with Gasteiger partial charge in [0.2, 0.25) is 0 Å². The van der Waals surface area contributed by atoms with Crippen LogP contribution in [0.1, 0.15) is 32.3 Å². The van der Waals surface area contributed by atoms with E-state index in [1.54, 1.807) is 32.9 Å². The lowest BCUT2D eigenvalue weighted by Crippen LogP contribution is -2.41. The van der Waals surface area contributed by atoms with Crippen molar-refractivity contribution in [3.8, 4) is 0 Å². The summed E-state index contributed by atoms with van der Waals surface area (Å²) in [4.78, 5) is 37.6. The van der Waals surface area contributed by atoms with Gasteiger partial charge in [0.15, 0.2) is 5.78 Å². The molecule has 0 fully saturated rings. The van der Waals surface area contributed by atoms with Crippen LogP contribution >= 0.6 is 15.9 Å². The lowest BCUT2D eigenvalue weighted by molar-refractivity contribution is -0.155. The first-order chi connectivity index (χ1) is 11.9. The van der Waals surface area contributed by atoms with Gasteiger partial charge in [-0.15, -0.1) is 0 Å². The lowest BCUT2D eigenvalue weighted by atomic mass is 9.68. The van der Waals surface area contributed by atoms with Gasteiger partial charge >= 0.3 is 11.9 Å². The molecule has 0 aliphatic heterocycles. The van der Waals surface area contributed by atoms with E-state index in [4.69, 9.17) is 9.47 Å². The summed E-state index contributed by atoms with van der Waals surface area (Å²) >= 11 is 3.37. The third kappa shape index (κ3) is 4.18. The van der Waals surface area contributed by atoms with Crippen LogP contribution in [0.2, 0.25) is 0 Å². The maximum Gasteiger partial charge on any atom is 0.317 e. The molecule has 0 unspecified atom stereocenters. The molecule has 0 amide bonds. The highest BCUT2D eigenvalue weighted by molar-refractivity contribution is 9.10. The van der Waals surface area contributed by atoms with Gasteiger partial charge in [-0.25, -0.2) is 0 Å². The SMILES string of the molecule is CCOC(=O)[C@H]1C(=O)C=C(C)[C@H](C(=O)OCC)[C@@H]1c1ccc(Br)cc1. The second kappa shape index (κ2) is 8.43. The van der Waals surface area contributed by atoms with Crippen LogP contribution in [-0.4, -0.2) is 30.9 Å². The highest BCUT2D eigenvalue weighted by atomic mass is 79.9. The van der Waals surface area contributed by atoms with E-state index in [-0.39, 0.29) is 19.0 Å². The molecule has 1 aliphatic rings. The fourth-order valence-corrected chi connectivity index (χ4v) is 3.45. The van der Waals surface area contributed by atoms with Gasteiger partial charge in [-0.1, -0.05) is 33.6 Å². The quantitative estimate of drug-likeness (QED) is 0.551. The molecule has 6 heteroatoms. The number of allylic oxidation sites excluding steroid dienone is 1. The van der Waals surface area contributed by atoms with E-state index in [1.165, 1.54) is 6.08 Å². The van der Waals surface area contributed by atoms with Crippen molar-refractivity contribution in [2.45, 2.75) is 26.7 Å². The highest BCUT2D eigenvalue weighted by Gasteiger charge is 2.47. The fraction of sp³-hybridized carbons (Fsp3) is 0.421. The van der Waals surface area contributed by atoms with Gasteiger partial charge in [0, 0.05) is 10.4 Å². The zero-order valence-electron chi connectivity index (χ0n) is 14.5.